The fourth-order valence-electron chi connectivity index (χ4n) is 4.14. The second-order valence-corrected chi connectivity index (χ2v) is 8.68. The van der Waals surface area contributed by atoms with Gasteiger partial charge in [0.1, 0.15) is 29.1 Å². The van der Waals surface area contributed by atoms with Gasteiger partial charge in [-0.15, -0.1) is 0 Å². The highest BCUT2D eigenvalue weighted by atomic mass is 79.9. The number of furan rings is 1. The van der Waals surface area contributed by atoms with E-state index in [2.05, 4.69) is 15.9 Å². The van der Waals surface area contributed by atoms with Gasteiger partial charge in [0.15, 0.2) is 0 Å². The average molecular weight is 496 g/mol. The maximum Gasteiger partial charge on any atom is 0.300 e. The monoisotopic (exact) mass is 495 g/mol. The number of Topliss-reactive ketones (excluding diaryl/α,β-unsaturated/α-hetero) is 1. The van der Waals surface area contributed by atoms with Crippen molar-refractivity contribution < 1.29 is 23.8 Å². The zero-order chi connectivity index (χ0) is 23.2. The van der Waals surface area contributed by atoms with Gasteiger partial charge in [0.2, 0.25) is 0 Å². The molecule has 1 aliphatic rings. The number of ketones is 1. The van der Waals surface area contributed by atoms with Crippen LogP contribution in [0.25, 0.3) is 5.76 Å². The molecule has 1 amide bonds. The van der Waals surface area contributed by atoms with Gasteiger partial charge in [0.25, 0.3) is 11.7 Å². The Hall–Kier alpha value is -3.32. The van der Waals surface area contributed by atoms with Crippen LogP contribution in [-0.4, -0.2) is 23.9 Å². The molecule has 2 heterocycles. The van der Waals surface area contributed by atoms with E-state index in [0.717, 1.165) is 15.6 Å². The molecule has 0 saturated carbocycles. The van der Waals surface area contributed by atoms with Crippen LogP contribution in [0.1, 0.15) is 34.3 Å². The first-order valence-corrected chi connectivity index (χ1v) is 10.8. The normalized spacial score (nSPS) is 17.8. The number of carbonyl (C=O) groups is 2. The van der Waals surface area contributed by atoms with E-state index >= 15 is 0 Å². The topological polar surface area (TPSA) is 80.0 Å². The molecule has 1 N–H and O–H groups in total. The van der Waals surface area contributed by atoms with Crippen LogP contribution < -0.4 is 9.64 Å². The zero-order valence-electron chi connectivity index (χ0n) is 18.1. The van der Waals surface area contributed by atoms with Crippen molar-refractivity contribution >= 4 is 39.1 Å². The molecular formula is C25H22BrNO5. The van der Waals surface area contributed by atoms with Crippen LogP contribution >= 0.6 is 15.9 Å². The average Bonchev–Trinajstić information content (AvgIpc) is 3.28. The quantitative estimate of drug-likeness (QED) is 0.289. The largest absolute Gasteiger partial charge is 0.507 e. The predicted octanol–water partition coefficient (Wildman–Crippen LogP) is 5.60. The second-order valence-electron chi connectivity index (χ2n) is 7.76. The Morgan fingerprint density at radius 2 is 1.84 bits per heavy atom. The molecule has 3 aromatic rings. The summed E-state index contributed by atoms with van der Waals surface area (Å²) in [4.78, 5) is 27.8. The summed E-state index contributed by atoms with van der Waals surface area (Å²) in [6.07, 6.45) is 0. The molecule has 7 heteroatoms. The predicted molar refractivity (Wildman–Crippen MR) is 125 cm³/mol. The molecule has 0 spiro atoms. The lowest BCUT2D eigenvalue weighted by Gasteiger charge is -2.24. The lowest BCUT2D eigenvalue weighted by molar-refractivity contribution is -0.132. The van der Waals surface area contributed by atoms with E-state index in [1.165, 1.54) is 12.0 Å². The van der Waals surface area contributed by atoms with Crippen molar-refractivity contribution in [3.63, 3.8) is 0 Å². The highest BCUT2D eigenvalue weighted by Crippen LogP contribution is 2.44. The second kappa shape index (κ2) is 8.31. The third-order valence-corrected chi connectivity index (χ3v) is 5.93. The van der Waals surface area contributed by atoms with Crippen LogP contribution in [0.15, 0.2) is 63.0 Å². The van der Waals surface area contributed by atoms with E-state index in [1.54, 1.807) is 43.3 Å². The maximum atomic E-state index is 13.2. The summed E-state index contributed by atoms with van der Waals surface area (Å²) < 4.78 is 12.1. The molecule has 1 aliphatic heterocycles. The molecule has 6 nitrogen and oxygen atoms in total. The Morgan fingerprint density at radius 1 is 1.09 bits per heavy atom. The van der Waals surface area contributed by atoms with Crippen molar-refractivity contribution in [2.75, 3.05) is 12.0 Å². The van der Waals surface area contributed by atoms with Crippen LogP contribution in [0.3, 0.4) is 0 Å². The van der Waals surface area contributed by atoms with Crippen LogP contribution in [-0.2, 0) is 9.59 Å². The third kappa shape index (κ3) is 3.62. The van der Waals surface area contributed by atoms with E-state index < -0.39 is 17.7 Å². The number of methoxy groups -OCH3 is 1. The number of aryl methyl sites for hydroxylation is 3. The summed E-state index contributed by atoms with van der Waals surface area (Å²) in [5.74, 6) is -0.384. The molecular weight excluding hydrogens is 474 g/mol. The first kappa shape index (κ1) is 21.9. The van der Waals surface area contributed by atoms with Gasteiger partial charge in [-0.05, 0) is 68.3 Å². The number of nitrogens with zero attached hydrogens (tertiary/aromatic N) is 1. The van der Waals surface area contributed by atoms with Crippen LogP contribution in [0.2, 0.25) is 0 Å². The molecule has 0 aliphatic carbocycles. The Bertz CT molecular complexity index is 1270. The smallest absolute Gasteiger partial charge is 0.300 e. The standard InChI is InChI=1S/C25H22BrNO5/c1-13-10-14(2)24(31-4)18(11-13)22(28)20-21(19-9-8-15(3)32-19)27(25(30)23(20)29)17-7-5-6-16(26)12-17/h5-12,21,28H,1-4H3/b22-20+. The molecule has 1 atom stereocenters. The Balaban J connectivity index is 2.00. The van der Waals surface area contributed by atoms with Crippen molar-refractivity contribution in [2.24, 2.45) is 0 Å². The Morgan fingerprint density at radius 3 is 2.47 bits per heavy atom. The van der Waals surface area contributed by atoms with Gasteiger partial charge < -0.3 is 14.3 Å². The van der Waals surface area contributed by atoms with Crippen molar-refractivity contribution in [1.29, 1.82) is 0 Å². The number of rotatable bonds is 4. The molecule has 1 aromatic heterocycles. The number of ether oxygens (including phenoxy) is 1. The van der Waals surface area contributed by atoms with E-state index in [0.29, 0.717) is 28.5 Å². The van der Waals surface area contributed by atoms with Crippen molar-refractivity contribution in [2.45, 2.75) is 26.8 Å². The van der Waals surface area contributed by atoms with E-state index in [-0.39, 0.29) is 11.3 Å². The van der Waals surface area contributed by atoms with Gasteiger partial charge in [-0.3, -0.25) is 14.5 Å². The molecule has 1 fully saturated rings. The SMILES string of the molecule is COc1c(C)cc(C)cc1/C(O)=C1\C(=O)C(=O)N(c2cccc(Br)c2)C1c1ccc(C)o1. The number of aliphatic hydroxyl groups excluding tert-OH is 1. The highest BCUT2D eigenvalue weighted by molar-refractivity contribution is 9.10. The summed E-state index contributed by atoms with van der Waals surface area (Å²) in [7, 11) is 1.50. The minimum Gasteiger partial charge on any atom is -0.507 e. The number of halogens is 1. The summed E-state index contributed by atoms with van der Waals surface area (Å²) in [5, 5.41) is 11.4. The summed E-state index contributed by atoms with van der Waals surface area (Å²) in [6, 6.07) is 13.3. The first-order valence-electron chi connectivity index (χ1n) is 10.0. The van der Waals surface area contributed by atoms with Gasteiger partial charge in [0, 0.05) is 10.2 Å². The number of amides is 1. The Labute approximate surface area is 194 Å². The fraction of sp³-hybridized carbons (Fsp3) is 0.200. The molecule has 1 saturated heterocycles. The summed E-state index contributed by atoms with van der Waals surface area (Å²) >= 11 is 3.42. The fourth-order valence-corrected chi connectivity index (χ4v) is 4.53. The van der Waals surface area contributed by atoms with E-state index in [1.807, 2.05) is 26.0 Å². The maximum absolute atomic E-state index is 13.2. The summed E-state index contributed by atoms with van der Waals surface area (Å²) in [5.41, 5.74) is 2.50. The molecule has 0 bridgehead atoms. The number of carbonyl (C=O) groups excluding carboxylic acids is 2. The van der Waals surface area contributed by atoms with E-state index in [9.17, 15) is 14.7 Å². The number of anilines is 1. The molecule has 4 rings (SSSR count). The van der Waals surface area contributed by atoms with Gasteiger partial charge in [-0.25, -0.2) is 0 Å². The zero-order valence-corrected chi connectivity index (χ0v) is 19.7. The number of hydrogen-bond donors (Lipinski definition) is 1. The molecule has 2 aromatic carbocycles. The van der Waals surface area contributed by atoms with Crippen molar-refractivity contribution in [3.8, 4) is 5.75 Å². The lowest BCUT2D eigenvalue weighted by Crippen LogP contribution is -2.29. The number of benzene rings is 2. The van der Waals surface area contributed by atoms with Crippen LogP contribution in [0, 0.1) is 20.8 Å². The number of hydrogen-bond acceptors (Lipinski definition) is 5. The van der Waals surface area contributed by atoms with E-state index in [4.69, 9.17) is 9.15 Å². The Kier molecular flexibility index (Phi) is 5.69. The minimum atomic E-state index is -0.927. The van der Waals surface area contributed by atoms with Crippen LogP contribution in [0.5, 0.6) is 5.75 Å². The first-order chi connectivity index (χ1) is 15.2. The van der Waals surface area contributed by atoms with Crippen molar-refractivity contribution in [1.82, 2.24) is 0 Å². The summed E-state index contributed by atoms with van der Waals surface area (Å²) in [6.45, 7) is 5.52. The molecule has 1 unspecified atom stereocenters. The van der Waals surface area contributed by atoms with Gasteiger partial charge in [0.05, 0.1) is 18.2 Å². The molecule has 164 valence electrons. The van der Waals surface area contributed by atoms with Crippen LogP contribution in [0.4, 0.5) is 5.69 Å². The number of aliphatic hydroxyl groups is 1. The minimum absolute atomic E-state index is 0.0485. The van der Waals surface area contributed by atoms with Gasteiger partial charge in [-0.1, -0.05) is 28.1 Å². The van der Waals surface area contributed by atoms with Gasteiger partial charge >= 0.3 is 0 Å². The third-order valence-electron chi connectivity index (χ3n) is 5.44. The van der Waals surface area contributed by atoms with Gasteiger partial charge in [-0.2, -0.15) is 0 Å². The van der Waals surface area contributed by atoms with Crippen molar-refractivity contribution in [3.05, 3.63) is 86.8 Å². The molecule has 0 radical (unpaired) electrons. The highest BCUT2D eigenvalue weighted by Gasteiger charge is 2.48. The lowest BCUT2D eigenvalue weighted by atomic mass is 9.96. The molecule has 32 heavy (non-hydrogen) atoms.